The number of para-hydroxylation sites is 2. The molecule has 326 valence electrons. The van der Waals surface area contributed by atoms with Gasteiger partial charge in [-0.25, -0.2) is 9.18 Å². The van der Waals surface area contributed by atoms with Gasteiger partial charge < -0.3 is 60.6 Å². The summed E-state index contributed by atoms with van der Waals surface area (Å²) in [7, 11) is 1.75. The molecule has 2 aliphatic rings. The Kier molecular flexibility index (Phi) is 18.9. The van der Waals surface area contributed by atoms with Gasteiger partial charge in [-0.05, 0) is 69.3 Å². The normalized spacial score (nSPS) is 14.4. The predicted octanol–water partition coefficient (Wildman–Crippen LogP) is 2.54. The molecule has 0 unspecified atom stereocenters. The van der Waals surface area contributed by atoms with Crippen molar-refractivity contribution in [3.05, 3.63) is 71.5 Å². The third-order valence-electron chi connectivity index (χ3n) is 9.23. The molecule has 2 saturated heterocycles. The van der Waals surface area contributed by atoms with E-state index in [2.05, 4.69) is 16.0 Å². The van der Waals surface area contributed by atoms with Gasteiger partial charge in [0.15, 0.2) is 23.0 Å². The maximum absolute atomic E-state index is 15.2. The molecule has 0 aromatic heterocycles. The molecule has 0 saturated carbocycles. The molecule has 1 atom stereocenters. The molecule has 2 heterocycles. The highest BCUT2D eigenvalue weighted by atomic mass is 19.1. The number of carbonyl (C=O) groups is 6. The third-order valence-corrected chi connectivity index (χ3v) is 9.23. The van der Waals surface area contributed by atoms with Crippen LogP contribution >= 0.6 is 0 Å². The molecule has 0 aliphatic carbocycles. The first kappa shape index (κ1) is 47.7. The lowest BCUT2D eigenvalue weighted by atomic mass is 10.1. The summed E-state index contributed by atoms with van der Waals surface area (Å²) in [6.07, 6.45) is 0.491. The van der Waals surface area contributed by atoms with E-state index in [1.807, 2.05) is 13.8 Å². The van der Waals surface area contributed by atoms with Crippen LogP contribution in [-0.4, -0.2) is 145 Å². The number of amides is 5. The van der Waals surface area contributed by atoms with E-state index in [-0.39, 0.29) is 55.9 Å². The van der Waals surface area contributed by atoms with Crippen molar-refractivity contribution in [1.82, 2.24) is 25.8 Å². The standard InChI is InChI=1S/C37H44FN7O10.C2H4O.C2H6/c1-39-19-24-21-45(37(54)55-24)23-10-11-28(27(38)18-23)42-14-16-43(17-15-42)32(49)20-41-31(48)22-44(36(53)26-7-5-9-30(47)34(26)51)13-3-2-12-40-35(52)25-6-4-8-29(46)33(25)50;1-2-3;1-2/h4-11,18,24,39,46-47,50-51H,2-3,12-17,19-22H2,1H3,(H,40,52)(H,41,48);2H,1H3;1-2H3/t24-;;/m0../s1. The van der Waals surface area contributed by atoms with Gasteiger partial charge in [0, 0.05) is 45.8 Å². The van der Waals surface area contributed by atoms with E-state index in [4.69, 9.17) is 9.53 Å². The number of benzene rings is 3. The Morgan fingerprint density at radius 3 is 2.13 bits per heavy atom. The number of carbonyl (C=O) groups excluding carboxylic acids is 6. The molecule has 0 bridgehead atoms. The zero-order chi connectivity index (χ0) is 44.4. The fourth-order valence-electron chi connectivity index (χ4n) is 6.26. The number of nitrogens with zero attached hydrogens (tertiary/aromatic N) is 4. The molecule has 0 radical (unpaired) electrons. The van der Waals surface area contributed by atoms with Gasteiger partial charge in [0.25, 0.3) is 11.8 Å². The predicted molar refractivity (Wildman–Crippen MR) is 220 cm³/mol. The van der Waals surface area contributed by atoms with Crippen LogP contribution in [-0.2, 0) is 19.1 Å². The molecule has 60 heavy (non-hydrogen) atoms. The number of aromatic hydroxyl groups is 4. The van der Waals surface area contributed by atoms with Crippen molar-refractivity contribution in [3.8, 4) is 23.0 Å². The van der Waals surface area contributed by atoms with Crippen molar-refractivity contribution in [3.63, 3.8) is 0 Å². The summed E-state index contributed by atoms with van der Waals surface area (Å²) in [5.41, 5.74) is 0.349. The third kappa shape index (κ3) is 12.9. The summed E-state index contributed by atoms with van der Waals surface area (Å²) in [5, 5.41) is 47.9. The van der Waals surface area contributed by atoms with Crippen LogP contribution in [0, 0.1) is 5.82 Å². The van der Waals surface area contributed by atoms with Gasteiger partial charge in [-0.3, -0.25) is 24.1 Å². The van der Waals surface area contributed by atoms with Gasteiger partial charge in [-0.2, -0.15) is 0 Å². The number of hydrogen-bond donors (Lipinski definition) is 7. The van der Waals surface area contributed by atoms with Crippen LogP contribution in [0.4, 0.5) is 20.6 Å². The van der Waals surface area contributed by atoms with E-state index in [0.29, 0.717) is 50.4 Å². The summed E-state index contributed by atoms with van der Waals surface area (Å²) in [6.45, 7) is 6.63. The maximum Gasteiger partial charge on any atom is 0.414 e. The van der Waals surface area contributed by atoms with Crippen molar-refractivity contribution in [2.24, 2.45) is 0 Å². The first-order valence-corrected chi connectivity index (χ1v) is 19.5. The van der Waals surface area contributed by atoms with Crippen LogP contribution in [0.15, 0.2) is 54.6 Å². The number of likely N-dealkylation sites (N-methyl/N-ethyl adjacent to an activating group) is 1. The van der Waals surface area contributed by atoms with Gasteiger partial charge in [-0.15, -0.1) is 0 Å². The minimum absolute atomic E-state index is 0.00100. The van der Waals surface area contributed by atoms with Crippen molar-refractivity contribution in [1.29, 1.82) is 0 Å². The van der Waals surface area contributed by atoms with Gasteiger partial charge in [0.2, 0.25) is 11.8 Å². The Balaban J connectivity index is 0.00000184. The highest BCUT2D eigenvalue weighted by Gasteiger charge is 2.33. The number of unbranched alkanes of at least 4 members (excludes halogenated alkanes) is 1. The van der Waals surface area contributed by atoms with E-state index in [1.54, 1.807) is 24.1 Å². The van der Waals surface area contributed by atoms with Crippen LogP contribution in [0.1, 0.15) is 54.3 Å². The highest BCUT2D eigenvalue weighted by Crippen LogP contribution is 2.31. The van der Waals surface area contributed by atoms with Gasteiger partial charge in [-0.1, -0.05) is 26.0 Å². The van der Waals surface area contributed by atoms with Crippen molar-refractivity contribution in [2.75, 3.05) is 82.3 Å². The number of halogens is 1. The lowest BCUT2D eigenvalue weighted by molar-refractivity contribution is -0.133. The Bertz CT molecular complexity index is 1960. The molecule has 19 heteroatoms. The SMILES string of the molecule is CC.CC=O.CNC[C@H]1CN(c2ccc(N3CCN(C(=O)CNC(=O)CN(CCCCNC(=O)c4cccc(O)c4O)C(=O)c4cccc(O)c4O)CC3)c(F)c2)C(=O)O1. The average molecular weight is 840 g/mol. The average Bonchev–Trinajstić information content (AvgIpc) is 3.61. The second kappa shape index (κ2) is 23.7. The second-order valence-electron chi connectivity index (χ2n) is 13.2. The van der Waals surface area contributed by atoms with Gasteiger partial charge in [0.1, 0.15) is 18.2 Å². The fraction of sp³-hybridized carbons (Fsp3) is 0.415. The van der Waals surface area contributed by atoms with E-state index < -0.39 is 59.2 Å². The van der Waals surface area contributed by atoms with E-state index in [0.717, 1.165) is 11.2 Å². The Labute approximate surface area is 347 Å². The molecular weight excluding hydrogens is 785 g/mol. The van der Waals surface area contributed by atoms with Crippen LogP contribution in [0.2, 0.25) is 0 Å². The number of anilines is 2. The van der Waals surface area contributed by atoms with Crippen molar-refractivity contribution < 1.29 is 58.3 Å². The molecule has 2 fully saturated rings. The summed E-state index contributed by atoms with van der Waals surface area (Å²) in [4.78, 5) is 78.8. The van der Waals surface area contributed by atoms with Crippen LogP contribution in [0.5, 0.6) is 23.0 Å². The number of rotatable bonds is 15. The molecule has 2 aliphatic heterocycles. The highest BCUT2D eigenvalue weighted by molar-refractivity contribution is 6.00. The number of phenolic OH excluding ortho intramolecular Hbond substituents is 4. The first-order chi connectivity index (χ1) is 28.8. The number of piperazine rings is 1. The minimum atomic E-state index is -0.752. The number of aldehydes is 1. The monoisotopic (exact) mass is 839 g/mol. The topological polar surface area (TPSA) is 242 Å². The van der Waals surface area contributed by atoms with E-state index in [1.165, 1.54) is 59.2 Å². The summed E-state index contributed by atoms with van der Waals surface area (Å²) >= 11 is 0. The second-order valence-corrected chi connectivity index (χ2v) is 13.2. The zero-order valence-electron chi connectivity index (χ0n) is 34.1. The molecule has 3 aromatic rings. The van der Waals surface area contributed by atoms with Crippen LogP contribution < -0.4 is 25.8 Å². The minimum Gasteiger partial charge on any atom is -0.504 e. The Hall–Kier alpha value is -6.63. The fourth-order valence-corrected chi connectivity index (χ4v) is 6.26. The Morgan fingerprint density at radius 2 is 1.52 bits per heavy atom. The van der Waals surface area contributed by atoms with Crippen LogP contribution in [0.3, 0.4) is 0 Å². The smallest absolute Gasteiger partial charge is 0.414 e. The van der Waals surface area contributed by atoms with Gasteiger partial charge in [0.05, 0.1) is 42.1 Å². The van der Waals surface area contributed by atoms with E-state index >= 15 is 4.39 Å². The largest absolute Gasteiger partial charge is 0.504 e. The molecule has 18 nitrogen and oxygen atoms in total. The molecule has 5 amide bonds. The zero-order valence-corrected chi connectivity index (χ0v) is 34.1. The molecule has 7 N–H and O–H groups in total. The van der Waals surface area contributed by atoms with Gasteiger partial charge >= 0.3 is 6.09 Å². The molecule has 0 spiro atoms. The number of nitrogens with one attached hydrogen (secondary N) is 3. The number of phenols is 4. The van der Waals surface area contributed by atoms with Crippen LogP contribution in [0.25, 0.3) is 0 Å². The number of hydrogen-bond acceptors (Lipinski definition) is 13. The molecule has 5 rings (SSSR count). The maximum atomic E-state index is 15.2. The van der Waals surface area contributed by atoms with Crippen molar-refractivity contribution >= 4 is 47.4 Å². The van der Waals surface area contributed by atoms with E-state index in [9.17, 15) is 44.4 Å². The van der Waals surface area contributed by atoms with Crippen molar-refractivity contribution in [2.45, 2.75) is 39.7 Å². The number of cyclic esters (lactones) is 1. The lowest BCUT2D eigenvalue weighted by Gasteiger charge is -2.36. The molecule has 3 aromatic carbocycles. The summed E-state index contributed by atoms with van der Waals surface area (Å²) in [5.74, 6) is -5.12. The summed E-state index contributed by atoms with van der Waals surface area (Å²) in [6, 6.07) is 12.3. The number of ether oxygens (including phenoxy) is 1. The Morgan fingerprint density at radius 1 is 0.900 bits per heavy atom. The lowest BCUT2D eigenvalue weighted by Crippen LogP contribution is -2.52. The molecular formula is C41H54FN7O11. The summed E-state index contributed by atoms with van der Waals surface area (Å²) < 4.78 is 20.5. The first-order valence-electron chi connectivity index (χ1n) is 19.5. The quantitative estimate of drug-likeness (QED) is 0.0663.